The molecule has 0 aromatic rings. The van der Waals surface area contributed by atoms with Crippen molar-refractivity contribution < 1.29 is 0 Å². The standard InChI is InChI=1S/C13H28N2/c1-4-7-13(11-14-10-12(2)3)15-8-5-6-9-15/h12-14H,4-11H2,1-3H3. The highest BCUT2D eigenvalue weighted by Crippen LogP contribution is 2.14. The molecule has 1 atom stereocenters. The Morgan fingerprint density at radius 3 is 2.33 bits per heavy atom. The molecular formula is C13H28N2. The first-order chi connectivity index (χ1) is 7.24. The maximum atomic E-state index is 3.60. The minimum absolute atomic E-state index is 0.769. The molecule has 0 spiro atoms. The lowest BCUT2D eigenvalue weighted by Crippen LogP contribution is -2.41. The maximum absolute atomic E-state index is 3.60. The molecule has 1 fully saturated rings. The highest BCUT2D eigenvalue weighted by atomic mass is 15.2. The predicted molar refractivity (Wildman–Crippen MR) is 67.2 cm³/mol. The molecule has 1 saturated heterocycles. The van der Waals surface area contributed by atoms with Crippen LogP contribution in [0.4, 0.5) is 0 Å². The second kappa shape index (κ2) is 7.24. The summed E-state index contributed by atoms with van der Waals surface area (Å²) >= 11 is 0. The van der Waals surface area contributed by atoms with Crippen molar-refractivity contribution in [3.05, 3.63) is 0 Å². The molecule has 2 nitrogen and oxygen atoms in total. The SMILES string of the molecule is CCCC(CNCC(C)C)N1CCCC1. The van der Waals surface area contributed by atoms with Gasteiger partial charge in [-0.05, 0) is 44.8 Å². The summed E-state index contributed by atoms with van der Waals surface area (Å²) in [6.07, 6.45) is 5.48. The third-order valence-corrected chi connectivity index (χ3v) is 3.21. The Morgan fingerprint density at radius 2 is 1.80 bits per heavy atom. The van der Waals surface area contributed by atoms with Gasteiger partial charge in [0.2, 0.25) is 0 Å². The minimum atomic E-state index is 0.769. The molecule has 2 heteroatoms. The van der Waals surface area contributed by atoms with Crippen molar-refractivity contribution in [2.75, 3.05) is 26.2 Å². The molecule has 0 aromatic heterocycles. The molecule has 1 unspecified atom stereocenters. The van der Waals surface area contributed by atoms with Crippen LogP contribution in [0.3, 0.4) is 0 Å². The Balaban J connectivity index is 2.23. The molecule has 1 aliphatic rings. The van der Waals surface area contributed by atoms with E-state index >= 15 is 0 Å². The number of likely N-dealkylation sites (tertiary alicyclic amines) is 1. The van der Waals surface area contributed by atoms with E-state index < -0.39 is 0 Å². The Morgan fingerprint density at radius 1 is 1.13 bits per heavy atom. The number of nitrogens with zero attached hydrogens (tertiary/aromatic N) is 1. The van der Waals surface area contributed by atoms with Crippen molar-refractivity contribution in [1.29, 1.82) is 0 Å². The van der Waals surface area contributed by atoms with Crippen LogP contribution in [0.2, 0.25) is 0 Å². The summed E-state index contributed by atoms with van der Waals surface area (Å²) in [7, 11) is 0. The molecule has 15 heavy (non-hydrogen) atoms. The van der Waals surface area contributed by atoms with E-state index in [0.29, 0.717) is 0 Å². The van der Waals surface area contributed by atoms with Crippen molar-refractivity contribution in [1.82, 2.24) is 10.2 Å². The summed E-state index contributed by atoms with van der Waals surface area (Å²) < 4.78 is 0. The van der Waals surface area contributed by atoms with Crippen LogP contribution in [-0.4, -0.2) is 37.1 Å². The van der Waals surface area contributed by atoms with E-state index in [9.17, 15) is 0 Å². The third kappa shape index (κ3) is 4.98. The van der Waals surface area contributed by atoms with E-state index in [4.69, 9.17) is 0 Å². The van der Waals surface area contributed by atoms with Crippen LogP contribution in [0, 0.1) is 5.92 Å². The number of rotatable bonds is 7. The molecule has 1 rings (SSSR count). The van der Waals surface area contributed by atoms with Crippen LogP contribution >= 0.6 is 0 Å². The lowest BCUT2D eigenvalue weighted by Gasteiger charge is -2.27. The van der Waals surface area contributed by atoms with Gasteiger partial charge >= 0.3 is 0 Å². The first kappa shape index (κ1) is 13.0. The first-order valence-electron chi connectivity index (χ1n) is 6.68. The second-order valence-electron chi connectivity index (χ2n) is 5.24. The van der Waals surface area contributed by atoms with Crippen molar-refractivity contribution >= 4 is 0 Å². The Kier molecular flexibility index (Phi) is 6.26. The van der Waals surface area contributed by atoms with E-state index in [2.05, 4.69) is 31.0 Å². The monoisotopic (exact) mass is 212 g/mol. The van der Waals surface area contributed by atoms with Crippen molar-refractivity contribution in [2.45, 2.75) is 52.5 Å². The topological polar surface area (TPSA) is 15.3 Å². The smallest absolute Gasteiger partial charge is 0.0220 e. The van der Waals surface area contributed by atoms with Crippen LogP contribution in [0.25, 0.3) is 0 Å². The lowest BCUT2D eigenvalue weighted by atomic mass is 10.1. The molecule has 0 aliphatic carbocycles. The average Bonchev–Trinajstić information content (AvgIpc) is 2.68. The first-order valence-corrected chi connectivity index (χ1v) is 6.68. The van der Waals surface area contributed by atoms with Gasteiger partial charge in [-0.15, -0.1) is 0 Å². The number of nitrogens with one attached hydrogen (secondary N) is 1. The molecule has 0 radical (unpaired) electrons. The van der Waals surface area contributed by atoms with E-state index in [0.717, 1.165) is 18.5 Å². The lowest BCUT2D eigenvalue weighted by molar-refractivity contribution is 0.221. The van der Waals surface area contributed by atoms with Crippen LogP contribution in [-0.2, 0) is 0 Å². The minimum Gasteiger partial charge on any atom is -0.315 e. The second-order valence-corrected chi connectivity index (χ2v) is 5.24. The zero-order chi connectivity index (χ0) is 11.1. The zero-order valence-corrected chi connectivity index (χ0v) is 10.8. The normalized spacial score (nSPS) is 20.0. The summed E-state index contributed by atoms with van der Waals surface area (Å²) in [6.45, 7) is 11.9. The van der Waals surface area contributed by atoms with Crippen molar-refractivity contribution in [2.24, 2.45) is 5.92 Å². The summed E-state index contributed by atoms with van der Waals surface area (Å²) in [5, 5.41) is 3.60. The van der Waals surface area contributed by atoms with Gasteiger partial charge in [0.05, 0.1) is 0 Å². The molecule has 1 N–H and O–H groups in total. The Labute approximate surface area is 95.4 Å². The fourth-order valence-corrected chi connectivity index (χ4v) is 2.39. The molecule has 0 aromatic carbocycles. The molecular weight excluding hydrogens is 184 g/mol. The van der Waals surface area contributed by atoms with Gasteiger partial charge in [0.1, 0.15) is 0 Å². The summed E-state index contributed by atoms with van der Waals surface area (Å²) in [5.74, 6) is 0.769. The molecule has 0 bridgehead atoms. The van der Waals surface area contributed by atoms with Crippen LogP contribution in [0.1, 0.15) is 46.5 Å². The fraction of sp³-hybridized carbons (Fsp3) is 1.00. The van der Waals surface area contributed by atoms with Gasteiger partial charge in [0.15, 0.2) is 0 Å². The van der Waals surface area contributed by atoms with E-state index in [1.54, 1.807) is 0 Å². The quantitative estimate of drug-likeness (QED) is 0.697. The van der Waals surface area contributed by atoms with Crippen molar-refractivity contribution in [3.8, 4) is 0 Å². The van der Waals surface area contributed by atoms with E-state index in [-0.39, 0.29) is 0 Å². The van der Waals surface area contributed by atoms with Crippen molar-refractivity contribution in [3.63, 3.8) is 0 Å². The fourth-order valence-electron chi connectivity index (χ4n) is 2.39. The maximum Gasteiger partial charge on any atom is 0.0220 e. The summed E-state index contributed by atoms with van der Waals surface area (Å²) in [6, 6.07) is 0.788. The van der Waals surface area contributed by atoms with Crippen LogP contribution in [0.15, 0.2) is 0 Å². The zero-order valence-electron chi connectivity index (χ0n) is 10.8. The van der Waals surface area contributed by atoms with Gasteiger partial charge in [-0.1, -0.05) is 27.2 Å². The highest BCUT2D eigenvalue weighted by molar-refractivity contribution is 4.78. The summed E-state index contributed by atoms with van der Waals surface area (Å²) in [5.41, 5.74) is 0. The molecule has 1 aliphatic heterocycles. The number of hydrogen-bond donors (Lipinski definition) is 1. The van der Waals surface area contributed by atoms with Crippen LogP contribution in [0.5, 0.6) is 0 Å². The molecule has 0 saturated carbocycles. The Bertz CT molecular complexity index is 151. The van der Waals surface area contributed by atoms with Gasteiger partial charge in [-0.3, -0.25) is 4.90 Å². The molecule has 90 valence electrons. The van der Waals surface area contributed by atoms with Gasteiger partial charge in [-0.25, -0.2) is 0 Å². The van der Waals surface area contributed by atoms with Crippen LogP contribution < -0.4 is 5.32 Å². The van der Waals surface area contributed by atoms with E-state index in [1.165, 1.54) is 45.3 Å². The predicted octanol–water partition coefficient (Wildman–Crippen LogP) is 2.50. The third-order valence-electron chi connectivity index (χ3n) is 3.21. The Hall–Kier alpha value is -0.0800. The van der Waals surface area contributed by atoms with Gasteiger partial charge < -0.3 is 5.32 Å². The molecule has 0 amide bonds. The van der Waals surface area contributed by atoms with Gasteiger partial charge in [0, 0.05) is 12.6 Å². The summed E-state index contributed by atoms with van der Waals surface area (Å²) in [4.78, 5) is 2.68. The number of hydrogen-bond acceptors (Lipinski definition) is 2. The average molecular weight is 212 g/mol. The largest absolute Gasteiger partial charge is 0.315 e. The van der Waals surface area contributed by atoms with E-state index in [1.807, 2.05) is 0 Å². The van der Waals surface area contributed by atoms with Gasteiger partial charge in [0.25, 0.3) is 0 Å². The van der Waals surface area contributed by atoms with Gasteiger partial charge in [-0.2, -0.15) is 0 Å². The molecule has 1 heterocycles. The highest BCUT2D eigenvalue weighted by Gasteiger charge is 2.20.